The van der Waals surface area contributed by atoms with Crippen LogP contribution in [-0.4, -0.2) is 76.2 Å². The van der Waals surface area contributed by atoms with Crippen LogP contribution in [0.1, 0.15) is 32.3 Å². The molecule has 0 bridgehead atoms. The number of aliphatic hydroxyl groups excluding tert-OH is 1. The molecule has 3 rings (SSSR count). The first-order chi connectivity index (χ1) is 18.2. The predicted molar refractivity (Wildman–Crippen MR) is 142 cm³/mol. The summed E-state index contributed by atoms with van der Waals surface area (Å²) in [6.07, 6.45) is -0.680. The molecule has 2 aromatic rings. The lowest BCUT2D eigenvalue weighted by Gasteiger charge is -2.30. The summed E-state index contributed by atoms with van der Waals surface area (Å²) in [6, 6.07) is 15.7. The normalized spacial score (nSPS) is 18.1. The van der Waals surface area contributed by atoms with Gasteiger partial charge in [-0.2, -0.15) is 4.31 Å². The molecule has 3 atom stereocenters. The van der Waals surface area contributed by atoms with Gasteiger partial charge in [0.1, 0.15) is 18.6 Å². The maximum absolute atomic E-state index is 13.6. The minimum absolute atomic E-state index is 0.0187. The lowest BCUT2D eigenvalue weighted by Crippen LogP contribution is -2.43. The molecule has 38 heavy (non-hydrogen) atoms. The third kappa shape index (κ3) is 9.06. The monoisotopic (exact) mass is 549 g/mol. The largest absolute Gasteiger partial charge is 0.497 e. The Morgan fingerprint density at radius 3 is 2.45 bits per heavy atom. The van der Waals surface area contributed by atoms with Crippen molar-refractivity contribution in [3.8, 4) is 5.75 Å². The van der Waals surface area contributed by atoms with Crippen LogP contribution in [0.25, 0.3) is 0 Å². The van der Waals surface area contributed by atoms with Gasteiger partial charge in [-0.05, 0) is 42.2 Å². The van der Waals surface area contributed by atoms with Gasteiger partial charge >= 0.3 is 5.97 Å². The molecule has 1 aliphatic heterocycles. The van der Waals surface area contributed by atoms with Crippen molar-refractivity contribution < 1.29 is 37.3 Å². The molecule has 0 aromatic heterocycles. The van der Waals surface area contributed by atoms with Crippen LogP contribution in [0.15, 0.2) is 59.5 Å². The number of methoxy groups -OCH3 is 1. The lowest BCUT2D eigenvalue weighted by atomic mass is 9.90. The molecule has 1 N–H and O–H groups in total. The molecule has 9 nitrogen and oxygen atoms in total. The number of esters is 1. The molecule has 0 radical (unpaired) electrons. The molecule has 0 aliphatic carbocycles. The van der Waals surface area contributed by atoms with Crippen molar-refractivity contribution in [2.24, 2.45) is 11.8 Å². The highest BCUT2D eigenvalue weighted by molar-refractivity contribution is 7.89. The number of benzene rings is 2. The van der Waals surface area contributed by atoms with E-state index in [1.54, 1.807) is 12.1 Å². The zero-order valence-corrected chi connectivity index (χ0v) is 23.1. The van der Waals surface area contributed by atoms with Crippen LogP contribution >= 0.6 is 0 Å². The van der Waals surface area contributed by atoms with Crippen molar-refractivity contribution in [1.29, 1.82) is 0 Å². The zero-order valence-electron chi connectivity index (χ0n) is 22.3. The van der Waals surface area contributed by atoms with Gasteiger partial charge in [0.25, 0.3) is 0 Å². The Morgan fingerprint density at radius 1 is 1.08 bits per heavy atom. The van der Waals surface area contributed by atoms with E-state index in [-0.39, 0.29) is 43.7 Å². The van der Waals surface area contributed by atoms with Crippen LogP contribution < -0.4 is 4.74 Å². The second-order valence-corrected chi connectivity index (χ2v) is 11.8. The molecular weight excluding hydrogens is 510 g/mol. The van der Waals surface area contributed by atoms with E-state index in [0.29, 0.717) is 25.2 Å². The van der Waals surface area contributed by atoms with Crippen LogP contribution in [0.5, 0.6) is 5.75 Å². The molecule has 0 amide bonds. The van der Waals surface area contributed by atoms with E-state index in [0.717, 1.165) is 5.56 Å². The topological polar surface area (TPSA) is 112 Å². The Hall–Kier alpha value is -2.50. The number of nitrogens with zero attached hydrogens (tertiary/aromatic N) is 1. The zero-order chi connectivity index (χ0) is 27.5. The van der Waals surface area contributed by atoms with Gasteiger partial charge in [0.15, 0.2) is 0 Å². The number of rotatable bonds is 13. The molecule has 2 aromatic carbocycles. The van der Waals surface area contributed by atoms with Gasteiger partial charge < -0.3 is 24.1 Å². The molecule has 1 saturated heterocycles. The van der Waals surface area contributed by atoms with Crippen molar-refractivity contribution in [2.45, 2.75) is 50.2 Å². The average molecular weight is 550 g/mol. The van der Waals surface area contributed by atoms with Gasteiger partial charge in [-0.1, -0.05) is 44.2 Å². The Labute approximate surface area is 225 Å². The summed E-state index contributed by atoms with van der Waals surface area (Å²) in [5, 5.41) is 11.4. The number of hydrogen-bond donors (Lipinski definition) is 1. The van der Waals surface area contributed by atoms with E-state index in [9.17, 15) is 18.3 Å². The highest BCUT2D eigenvalue weighted by Gasteiger charge is 2.32. The molecule has 1 aliphatic rings. The third-order valence-electron chi connectivity index (χ3n) is 6.32. The summed E-state index contributed by atoms with van der Waals surface area (Å²) in [5.74, 6) is -0.459. The number of sulfonamides is 1. The summed E-state index contributed by atoms with van der Waals surface area (Å²) in [5.41, 5.74) is 0.934. The molecule has 1 fully saturated rings. The highest BCUT2D eigenvalue weighted by Crippen LogP contribution is 2.24. The molecule has 1 heterocycles. The molecule has 0 spiro atoms. The van der Waals surface area contributed by atoms with Crippen LogP contribution in [0, 0.1) is 11.8 Å². The first-order valence-electron chi connectivity index (χ1n) is 12.9. The number of carbonyl (C=O) groups excluding carboxylic acids is 1. The SMILES string of the molecule is COc1ccc(S(=O)(=O)N(CC(C)C)C[C@@H](O)[C@@H](CC(=O)O[C@@H]2CCOCOC2)Cc2ccccc2)cc1. The van der Waals surface area contributed by atoms with Crippen LogP contribution in [0.4, 0.5) is 0 Å². The predicted octanol–water partition coefficient (Wildman–Crippen LogP) is 3.26. The smallest absolute Gasteiger partial charge is 0.306 e. The van der Waals surface area contributed by atoms with Crippen molar-refractivity contribution in [3.05, 3.63) is 60.2 Å². The van der Waals surface area contributed by atoms with Gasteiger partial charge in [0, 0.05) is 25.4 Å². The van der Waals surface area contributed by atoms with E-state index in [2.05, 4.69) is 0 Å². The number of carbonyl (C=O) groups is 1. The summed E-state index contributed by atoms with van der Waals surface area (Å²) < 4.78 is 49.7. The second kappa shape index (κ2) is 14.6. The van der Waals surface area contributed by atoms with Gasteiger partial charge in [0.05, 0.1) is 37.7 Å². The Balaban J connectivity index is 1.79. The van der Waals surface area contributed by atoms with Crippen molar-refractivity contribution in [1.82, 2.24) is 4.31 Å². The van der Waals surface area contributed by atoms with Gasteiger partial charge in [-0.15, -0.1) is 0 Å². The average Bonchev–Trinajstić information content (AvgIpc) is 3.16. The van der Waals surface area contributed by atoms with Crippen LogP contribution in [-0.2, 0) is 35.4 Å². The van der Waals surface area contributed by atoms with Crippen LogP contribution in [0.2, 0.25) is 0 Å². The van der Waals surface area contributed by atoms with Crippen molar-refractivity contribution >= 4 is 16.0 Å². The number of ether oxygens (including phenoxy) is 4. The minimum atomic E-state index is -3.91. The Kier molecular flexibility index (Phi) is 11.5. The molecule has 0 saturated carbocycles. The summed E-state index contributed by atoms with van der Waals surface area (Å²) in [4.78, 5) is 13.0. The summed E-state index contributed by atoms with van der Waals surface area (Å²) >= 11 is 0. The maximum Gasteiger partial charge on any atom is 0.306 e. The molecule has 0 unspecified atom stereocenters. The fourth-order valence-electron chi connectivity index (χ4n) is 4.33. The van der Waals surface area contributed by atoms with E-state index in [1.807, 2.05) is 44.2 Å². The van der Waals surface area contributed by atoms with Gasteiger partial charge in [0.2, 0.25) is 10.0 Å². The van der Waals surface area contributed by atoms with Gasteiger partial charge in [-0.25, -0.2) is 8.42 Å². The molecule has 10 heteroatoms. The number of hydrogen-bond acceptors (Lipinski definition) is 8. The first-order valence-corrected chi connectivity index (χ1v) is 14.3. The summed E-state index contributed by atoms with van der Waals surface area (Å²) in [7, 11) is -2.39. The Bertz CT molecular complexity index is 1080. The second-order valence-electron chi connectivity index (χ2n) is 9.91. The Morgan fingerprint density at radius 2 is 1.79 bits per heavy atom. The standard InChI is InChI=1S/C28H39NO8S/c1-21(2)17-29(38(32,33)26-11-9-24(34-3)10-12-26)18-27(30)23(15-22-7-5-4-6-8-22)16-28(31)37-25-13-14-35-20-36-19-25/h4-12,21,23,25,27,30H,13-20H2,1-3H3/t23-,25-,27-/m1/s1. The maximum atomic E-state index is 13.6. The van der Waals surface area contributed by atoms with Crippen molar-refractivity contribution in [3.63, 3.8) is 0 Å². The molecular formula is C28H39NO8S. The van der Waals surface area contributed by atoms with E-state index in [4.69, 9.17) is 18.9 Å². The van der Waals surface area contributed by atoms with E-state index in [1.165, 1.54) is 23.5 Å². The fraction of sp³-hybridized carbons (Fsp3) is 0.536. The number of aliphatic hydroxyl groups is 1. The third-order valence-corrected chi connectivity index (χ3v) is 8.17. The minimum Gasteiger partial charge on any atom is -0.497 e. The molecule has 210 valence electrons. The van der Waals surface area contributed by atoms with E-state index < -0.39 is 34.1 Å². The quantitative estimate of drug-likeness (QED) is 0.379. The highest BCUT2D eigenvalue weighted by atomic mass is 32.2. The van der Waals surface area contributed by atoms with Gasteiger partial charge in [-0.3, -0.25) is 4.79 Å². The first kappa shape index (κ1) is 30.0. The lowest BCUT2D eigenvalue weighted by molar-refractivity contribution is -0.154. The summed E-state index contributed by atoms with van der Waals surface area (Å²) in [6.45, 7) is 4.74. The van der Waals surface area contributed by atoms with E-state index >= 15 is 0 Å². The fourth-order valence-corrected chi connectivity index (χ4v) is 5.95. The van der Waals surface area contributed by atoms with Crippen molar-refractivity contribution in [2.75, 3.05) is 40.2 Å². The van der Waals surface area contributed by atoms with Crippen LogP contribution in [0.3, 0.4) is 0 Å².